The number of thioether (sulfide) groups is 1. The zero-order valence-corrected chi connectivity index (χ0v) is 12.8. The van der Waals surface area contributed by atoms with Crippen molar-refractivity contribution in [2.75, 3.05) is 13.2 Å². The Kier molecular flexibility index (Phi) is 4.15. The number of hydrogen-bond acceptors (Lipinski definition) is 6. The van der Waals surface area contributed by atoms with Crippen molar-refractivity contribution in [2.24, 2.45) is 5.73 Å². The second kappa shape index (κ2) is 6.23. The number of rotatable bonds is 4. The maximum Gasteiger partial charge on any atom is 0.230 e. The van der Waals surface area contributed by atoms with Gasteiger partial charge in [-0.05, 0) is 37.3 Å². The van der Waals surface area contributed by atoms with E-state index in [0.717, 1.165) is 17.0 Å². The largest absolute Gasteiger partial charge is 0.486 e. The summed E-state index contributed by atoms with van der Waals surface area (Å²) in [6, 6.07) is 9.34. The third-order valence-corrected chi connectivity index (χ3v) is 4.22. The van der Waals surface area contributed by atoms with Gasteiger partial charge in [0.2, 0.25) is 5.91 Å². The minimum Gasteiger partial charge on any atom is -0.486 e. The number of ether oxygens (including phenoxy) is 2. The Morgan fingerprint density at radius 2 is 1.95 bits per heavy atom. The number of fused-ring (bicyclic) bond motifs is 1. The number of hydrogen-bond donors (Lipinski definition) is 1. The molecule has 0 saturated heterocycles. The molecule has 1 aromatic heterocycles. The Morgan fingerprint density at radius 3 is 2.64 bits per heavy atom. The number of amides is 1. The molecule has 1 amide bonds. The van der Waals surface area contributed by atoms with Gasteiger partial charge in [-0.3, -0.25) is 4.79 Å². The van der Waals surface area contributed by atoms with Crippen LogP contribution in [-0.4, -0.2) is 34.6 Å². The maximum absolute atomic E-state index is 11.1. The van der Waals surface area contributed by atoms with Gasteiger partial charge in [-0.2, -0.15) is 0 Å². The second-order valence-electron chi connectivity index (χ2n) is 4.78. The van der Waals surface area contributed by atoms with Gasteiger partial charge in [0.1, 0.15) is 18.2 Å². The van der Waals surface area contributed by atoms with Crippen LogP contribution in [0.5, 0.6) is 11.5 Å². The standard InChI is InChI=1S/C15H15N3O3S/c1-9(15(16)19)22-14-5-3-11(17-18-14)10-2-4-12-13(8-10)21-7-6-20-12/h2-5,8-9H,6-7H2,1H3,(H2,16,19)/t9-/m1/s1. The van der Waals surface area contributed by atoms with Crippen molar-refractivity contribution in [2.45, 2.75) is 17.2 Å². The number of nitrogens with zero attached hydrogens (tertiary/aromatic N) is 2. The lowest BCUT2D eigenvalue weighted by molar-refractivity contribution is -0.117. The highest BCUT2D eigenvalue weighted by Gasteiger charge is 2.14. The number of aromatic nitrogens is 2. The fraction of sp³-hybridized carbons (Fsp3) is 0.267. The van der Waals surface area contributed by atoms with Gasteiger partial charge in [0, 0.05) is 5.56 Å². The van der Waals surface area contributed by atoms with Crippen molar-refractivity contribution in [3.05, 3.63) is 30.3 Å². The van der Waals surface area contributed by atoms with Crippen molar-refractivity contribution in [1.82, 2.24) is 10.2 Å². The van der Waals surface area contributed by atoms with E-state index in [1.54, 1.807) is 6.92 Å². The third-order valence-electron chi connectivity index (χ3n) is 3.18. The topological polar surface area (TPSA) is 87.3 Å². The van der Waals surface area contributed by atoms with E-state index in [-0.39, 0.29) is 11.2 Å². The average molecular weight is 317 g/mol. The van der Waals surface area contributed by atoms with E-state index in [1.807, 2.05) is 30.3 Å². The number of carbonyl (C=O) groups is 1. The molecule has 0 aliphatic carbocycles. The molecular formula is C15H15N3O3S. The van der Waals surface area contributed by atoms with E-state index >= 15 is 0 Å². The first-order valence-corrected chi connectivity index (χ1v) is 7.71. The highest BCUT2D eigenvalue weighted by molar-refractivity contribution is 8.00. The molecule has 0 bridgehead atoms. The van der Waals surface area contributed by atoms with Gasteiger partial charge < -0.3 is 15.2 Å². The molecule has 1 aliphatic heterocycles. The summed E-state index contributed by atoms with van der Waals surface area (Å²) >= 11 is 1.29. The highest BCUT2D eigenvalue weighted by Crippen LogP contribution is 2.34. The van der Waals surface area contributed by atoms with Crippen LogP contribution in [-0.2, 0) is 4.79 Å². The molecule has 1 aliphatic rings. The van der Waals surface area contributed by atoms with E-state index in [1.165, 1.54) is 11.8 Å². The zero-order valence-electron chi connectivity index (χ0n) is 12.0. The van der Waals surface area contributed by atoms with E-state index in [4.69, 9.17) is 15.2 Å². The fourth-order valence-electron chi connectivity index (χ4n) is 1.98. The van der Waals surface area contributed by atoms with Crippen molar-refractivity contribution in [1.29, 1.82) is 0 Å². The van der Waals surface area contributed by atoms with Crippen molar-refractivity contribution in [3.63, 3.8) is 0 Å². The second-order valence-corrected chi connectivity index (χ2v) is 6.14. The van der Waals surface area contributed by atoms with E-state index in [2.05, 4.69) is 10.2 Å². The zero-order chi connectivity index (χ0) is 15.5. The van der Waals surface area contributed by atoms with Gasteiger partial charge in [-0.1, -0.05) is 11.8 Å². The van der Waals surface area contributed by atoms with Crippen LogP contribution in [0.2, 0.25) is 0 Å². The molecular weight excluding hydrogens is 302 g/mol. The molecule has 0 spiro atoms. The Bertz CT molecular complexity index is 691. The Morgan fingerprint density at radius 1 is 1.18 bits per heavy atom. The lowest BCUT2D eigenvalue weighted by Crippen LogP contribution is -2.22. The molecule has 3 rings (SSSR count). The summed E-state index contributed by atoms with van der Waals surface area (Å²) < 4.78 is 11.1. The molecule has 2 heterocycles. The summed E-state index contributed by atoms with van der Waals surface area (Å²) in [7, 11) is 0. The summed E-state index contributed by atoms with van der Waals surface area (Å²) in [5.74, 6) is 1.08. The summed E-state index contributed by atoms with van der Waals surface area (Å²) in [5, 5.41) is 8.63. The number of benzene rings is 1. The van der Waals surface area contributed by atoms with Gasteiger partial charge in [0.25, 0.3) is 0 Å². The van der Waals surface area contributed by atoms with Crippen LogP contribution in [0.3, 0.4) is 0 Å². The van der Waals surface area contributed by atoms with Gasteiger partial charge >= 0.3 is 0 Å². The predicted octanol–water partition coefficient (Wildman–Crippen LogP) is 1.88. The molecule has 1 aromatic carbocycles. The summed E-state index contributed by atoms with van der Waals surface area (Å²) in [6.07, 6.45) is 0. The summed E-state index contributed by atoms with van der Waals surface area (Å²) in [4.78, 5) is 11.1. The lowest BCUT2D eigenvalue weighted by Gasteiger charge is -2.18. The van der Waals surface area contributed by atoms with Crippen LogP contribution in [0, 0.1) is 0 Å². The lowest BCUT2D eigenvalue weighted by atomic mass is 10.1. The van der Waals surface area contributed by atoms with Crippen LogP contribution in [0.4, 0.5) is 0 Å². The molecule has 1 atom stereocenters. The Hall–Kier alpha value is -2.28. The van der Waals surface area contributed by atoms with Crippen LogP contribution >= 0.6 is 11.8 Å². The number of primary amides is 1. The van der Waals surface area contributed by atoms with E-state index in [9.17, 15) is 4.79 Å². The van der Waals surface area contributed by atoms with Crippen LogP contribution in [0.1, 0.15) is 6.92 Å². The first-order valence-electron chi connectivity index (χ1n) is 6.83. The Labute approximate surface area is 132 Å². The summed E-state index contributed by atoms with van der Waals surface area (Å²) in [5.41, 5.74) is 6.86. The van der Waals surface area contributed by atoms with Gasteiger partial charge in [-0.25, -0.2) is 0 Å². The minimum atomic E-state index is -0.372. The fourth-order valence-corrected chi connectivity index (χ4v) is 2.69. The summed E-state index contributed by atoms with van der Waals surface area (Å²) in [6.45, 7) is 2.85. The SMILES string of the molecule is C[C@@H](Sc1ccc(-c2ccc3c(c2)OCCO3)nn1)C(N)=O. The molecule has 0 radical (unpaired) electrons. The van der Waals surface area contributed by atoms with Crippen LogP contribution in [0.25, 0.3) is 11.3 Å². The van der Waals surface area contributed by atoms with Crippen molar-refractivity contribution >= 4 is 17.7 Å². The molecule has 6 nitrogen and oxygen atoms in total. The third kappa shape index (κ3) is 3.14. The van der Waals surface area contributed by atoms with Crippen molar-refractivity contribution in [3.8, 4) is 22.8 Å². The highest BCUT2D eigenvalue weighted by atomic mass is 32.2. The molecule has 7 heteroatoms. The first kappa shape index (κ1) is 14.6. The van der Waals surface area contributed by atoms with Gasteiger partial charge in [-0.15, -0.1) is 10.2 Å². The average Bonchev–Trinajstić information content (AvgIpc) is 2.55. The Balaban J connectivity index is 1.79. The quantitative estimate of drug-likeness (QED) is 0.866. The van der Waals surface area contributed by atoms with E-state index < -0.39 is 0 Å². The molecule has 0 fully saturated rings. The van der Waals surface area contributed by atoms with Gasteiger partial charge in [0.05, 0.1) is 10.9 Å². The molecule has 0 unspecified atom stereocenters. The smallest absolute Gasteiger partial charge is 0.230 e. The normalized spacial score (nSPS) is 14.4. The molecule has 2 N–H and O–H groups in total. The molecule has 22 heavy (non-hydrogen) atoms. The number of carbonyl (C=O) groups excluding carboxylic acids is 1. The predicted molar refractivity (Wildman–Crippen MR) is 83.0 cm³/mol. The maximum atomic E-state index is 11.1. The number of nitrogens with two attached hydrogens (primary N) is 1. The molecule has 0 saturated carbocycles. The van der Waals surface area contributed by atoms with Gasteiger partial charge in [0.15, 0.2) is 11.5 Å². The molecule has 2 aromatic rings. The van der Waals surface area contributed by atoms with Crippen molar-refractivity contribution < 1.29 is 14.3 Å². The van der Waals surface area contributed by atoms with Crippen LogP contribution in [0.15, 0.2) is 35.4 Å². The minimum absolute atomic E-state index is 0.338. The molecule has 114 valence electrons. The first-order chi connectivity index (χ1) is 10.6. The van der Waals surface area contributed by atoms with E-state index in [0.29, 0.717) is 24.0 Å². The monoisotopic (exact) mass is 317 g/mol. The van der Waals surface area contributed by atoms with Crippen LogP contribution < -0.4 is 15.2 Å².